The lowest BCUT2D eigenvalue weighted by atomic mass is 10.1. The van der Waals surface area contributed by atoms with Gasteiger partial charge in [0.1, 0.15) is 18.1 Å². The molecule has 2 aliphatic rings. The van der Waals surface area contributed by atoms with Crippen molar-refractivity contribution < 1.29 is 14.3 Å². The molecule has 0 saturated carbocycles. The number of rotatable bonds is 5. The van der Waals surface area contributed by atoms with Crippen LogP contribution in [0.3, 0.4) is 0 Å². The average Bonchev–Trinajstić information content (AvgIpc) is 2.55. The fraction of sp³-hybridized carbons (Fsp3) is 0.588. The Bertz CT molecular complexity index is 547. The first kappa shape index (κ1) is 18.4. The van der Waals surface area contributed by atoms with Crippen LogP contribution in [0.5, 0.6) is 11.5 Å². The third-order valence-corrected chi connectivity index (χ3v) is 5.14. The number of halogens is 1. The van der Waals surface area contributed by atoms with Crippen molar-refractivity contribution in [3.63, 3.8) is 0 Å². The highest BCUT2D eigenvalue weighted by Crippen LogP contribution is 2.38. The van der Waals surface area contributed by atoms with Gasteiger partial charge in [-0.15, -0.1) is 24.2 Å². The molecular weight excluding hydrogens is 334 g/mol. The Morgan fingerprint density at radius 1 is 1.30 bits per heavy atom. The van der Waals surface area contributed by atoms with Crippen LogP contribution in [0, 0.1) is 0 Å². The predicted molar refractivity (Wildman–Crippen MR) is 95.7 cm³/mol. The van der Waals surface area contributed by atoms with Gasteiger partial charge in [-0.2, -0.15) is 0 Å². The lowest BCUT2D eigenvalue weighted by molar-refractivity contribution is 0.101. The van der Waals surface area contributed by atoms with E-state index in [0.717, 1.165) is 36.0 Å². The molecule has 4 nitrogen and oxygen atoms in total. The van der Waals surface area contributed by atoms with E-state index in [4.69, 9.17) is 9.47 Å². The number of piperidine rings is 1. The molecule has 1 saturated heterocycles. The van der Waals surface area contributed by atoms with Crippen molar-refractivity contribution in [1.82, 2.24) is 4.90 Å². The summed E-state index contributed by atoms with van der Waals surface area (Å²) in [5.41, 5.74) is 0.662. The van der Waals surface area contributed by atoms with Crippen molar-refractivity contribution >= 4 is 30.0 Å². The maximum Gasteiger partial charge on any atom is 0.163 e. The molecule has 0 aliphatic carbocycles. The summed E-state index contributed by atoms with van der Waals surface area (Å²) in [4.78, 5) is 15.4. The van der Waals surface area contributed by atoms with Crippen LogP contribution in [-0.2, 0) is 0 Å². The molecule has 0 unspecified atom stereocenters. The minimum Gasteiger partial charge on any atom is -0.491 e. The molecule has 2 heterocycles. The number of hydrogen-bond donors (Lipinski definition) is 0. The summed E-state index contributed by atoms with van der Waals surface area (Å²) in [6.07, 6.45) is 3.90. The van der Waals surface area contributed by atoms with E-state index in [0.29, 0.717) is 24.5 Å². The highest BCUT2D eigenvalue weighted by atomic mass is 35.5. The molecule has 0 aromatic heterocycles. The number of benzene rings is 1. The standard InChI is InChI=1S/C17H23NO3S.ClH/c1-13(19)14-11-17-16(21-9-10-22-17)12-15(14)20-8-7-18-5-3-2-4-6-18;/h11-12H,2-10H2,1H3;1H. The van der Waals surface area contributed by atoms with Crippen molar-refractivity contribution in [2.75, 3.05) is 38.6 Å². The molecule has 23 heavy (non-hydrogen) atoms. The molecule has 0 N–H and O–H groups in total. The summed E-state index contributed by atoms with van der Waals surface area (Å²) in [6.45, 7) is 6.16. The molecule has 0 atom stereocenters. The fourth-order valence-corrected chi connectivity index (χ4v) is 3.78. The number of fused-ring (bicyclic) bond motifs is 1. The van der Waals surface area contributed by atoms with Crippen LogP contribution >= 0.6 is 24.2 Å². The highest BCUT2D eigenvalue weighted by Gasteiger charge is 2.18. The Hall–Kier alpha value is -0.910. The number of ketones is 1. The van der Waals surface area contributed by atoms with Gasteiger partial charge in [0, 0.05) is 18.4 Å². The van der Waals surface area contributed by atoms with Gasteiger partial charge in [-0.05, 0) is 38.9 Å². The van der Waals surface area contributed by atoms with Crippen LogP contribution in [-0.4, -0.2) is 49.3 Å². The van der Waals surface area contributed by atoms with Crippen molar-refractivity contribution in [3.05, 3.63) is 17.7 Å². The SMILES string of the molecule is CC(=O)c1cc2c(cc1OCCN1CCCCC1)OCCS2.Cl. The lowest BCUT2D eigenvalue weighted by Crippen LogP contribution is -2.33. The van der Waals surface area contributed by atoms with Crippen molar-refractivity contribution in [3.8, 4) is 11.5 Å². The van der Waals surface area contributed by atoms with E-state index in [1.807, 2.05) is 12.1 Å². The van der Waals surface area contributed by atoms with E-state index in [-0.39, 0.29) is 18.2 Å². The molecule has 0 amide bonds. The monoisotopic (exact) mass is 357 g/mol. The van der Waals surface area contributed by atoms with Crippen LogP contribution in [0.4, 0.5) is 0 Å². The second-order valence-electron chi connectivity index (χ2n) is 5.80. The first-order valence-electron chi connectivity index (χ1n) is 8.04. The zero-order chi connectivity index (χ0) is 15.4. The Balaban J connectivity index is 0.00000192. The van der Waals surface area contributed by atoms with Crippen LogP contribution < -0.4 is 9.47 Å². The first-order chi connectivity index (χ1) is 10.7. The van der Waals surface area contributed by atoms with E-state index in [2.05, 4.69) is 4.90 Å². The van der Waals surface area contributed by atoms with Gasteiger partial charge in [-0.25, -0.2) is 0 Å². The summed E-state index contributed by atoms with van der Waals surface area (Å²) in [6, 6.07) is 3.80. The molecule has 1 fully saturated rings. The van der Waals surface area contributed by atoms with Crippen LogP contribution in [0.15, 0.2) is 17.0 Å². The molecule has 2 aliphatic heterocycles. The van der Waals surface area contributed by atoms with Gasteiger partial charge >= 0.3 is 0 Å². The maximum absolute atomic E-state index is 11.9. The molecule has 0 radical (unpaired) electrons. The third kappa shape index (κ3) is 4.78. The Kier molecular flexibility index (Phi) is 7.06. The Labute approximate surface area is 148 Å². The smallest absolute Gasteiger partial charge is 0.163 e. The van der Waals surface area contributed by atoms with Crippen LogP contribution in [0.25, 0.3) is 0 Å². The average molecular weight is 358 g/mol. The Morgan fingerprint density at radius 2 is 2.09 bits per heavy atom. The molecule has 1 aromatic carbocycles. The molecule has 1 aromatic rings. The van der Waals surface area contributed by atoms with Gasteiger partial charge < -0.3 is 9.47 Å². The summed E-state index contributed by atoms with van der Waals surface area (Å²) in [5.74, 6) is 2.47. The highest BCUT2D eigenvalue weighted by molar-refractivity contribution is 7.99. The zero-order valence-electron chi connectivity index (χ0n) is 13.5. The van der Waals surface area contributed by atoms with E-state index in [1.54, 1.807) is 18.7 Å². The van der Waals surface area contributed by atoms with Crippen LogP contribution in [0.1, 0.15) is 36.5 Å². The molecular formula is C17H24ClNO3S. The van der Waals surface area contributed by atoms with E-state index >= 15 is 0 Å². The second-order valence-corrected chi connectivity index (χ2v) is 6.94. The first-order valence-corrected chi connectivity index (χ1v) is 9.02. The van der Waals surface area contributed by atoms with Gasteiger partial charge in [0.25, 0.3) is 0 Å². The molecule has 0 bridgehead atoms. The third-order valence-electron chi connectivity index (χ3n) is 4.14. The number of carbonyl (C=O) groups excluding carboxylic acids is 1. The second kappa shape index (κ2) is 8.81. The normalized spacial score (nSPS) is 17.6. The van der Waals surface area contributed by atoms with Gasteiger partial charge in [0.05, 0.1) is 17.1 Å². The minimum atomic E-state index is 0. The van der Waals surface area contributed by atoms with Crippen molar-refractivity contribution in [2.45, 2.75) is 31.1 Å². The topological polar surface area (TPSA) is 38.8 Å². The largest absolute Gasteiger partial charge is 0.491 e. The molecule has 128 valence electrons. The lowest BCUT2D eigenvalue weighted by Gasteiger charge is -2.26. The van der Waals surface area contributed by atoms with Gasteiger partial charge in [-0.3, -0.25) is 9.69 Å². The number of likely N-dealkylation sites (tertiary alicyclic amines) is 1. The quantitative estimate of drug-likeness (QED) is 0.752. The number of carbonyl (C=O) groups is 1. The van der Waals surface area contributed by atoms with Crippen LogP contribution in [0.2, 0.25) is 0 Å². The minimum absolute atomic E-state index is 0. The van der Waals surface area contributed by atoms with Crippen molar-refractivity contribution in [2.24, 2.45) is 0 Å². The number of thioether (sulfide) groups is 1. The summed E-state index contributed by atoms with van der Waals surface area (Å²) >= 11 is 1.73. The van der Waals surface area contributed by atoms with Gasteiger partial charge in [-0.1, -0.05) is 6.42 Å². The number of Topliss-reactive ketones (excluding diaryl/α,β-unsaturated/α-hetero) is 1. The molecule has 0 spiro atoms. The van der Waals surface area contributed by atoms with E-state index < -0.39 is 0 Å². The number of nitrogens with zero attached hydrogens (tertiary/aromatic N) is 1. The van der Waals surface area contributed by atoms with Gasteiger partial charge in [0.2, 0.25) is 0 Å². The summed E-state index contributed by atoms with van der Waals surface area (Å²) in [5, 5.41) is 0. The van der Waals surface area contributed by atoms with E-state index in [9.17, 15) is 4.79 Å². The predicted octanol–water partition coefficient (Wildman–Crippen LogP) is 3.66. The fourth-order valence-electron chi connectivity index (χ4n) is 2.93. The zero-order valence-corrected chi connectivity index (χ0v) is 15.1. The summed E-state index contributed by atoms with van der Waals surface area (Å²) < 4.78 is 11.6. The maximum atomic E-state index is 11.9. The summed E-state index contributed by atoms with van der Waals surface area (Å²) in [7, 11) is 0. The number of hydrogen-bond acceptors (Lipinski definition) is 5. The van der Waals surface area contributed by atoms with Crippen molar-refractivity contribution in [1.29, 1.82) is 0 Å². The number of ether oxygens (including phenoxy) is 2. The molecule has 3 rings (SSSR count). The Morgan fingerprint density at radius 3 is 2.83 bits per heavy atom. The molecule has 6 heteroatoms. The van der Waals surface area contributed by atoms with E-state index in [1.165, 1.54) is 19.3 Å². The van der Waals surface area contributed by atoms with Gasteiger partial charge in [0.15, 0.2) is 5.78 Å².